The Labute approximate surface area is 216 Å². The first-order chi connectivity index (χ1) is 18.1. The number of aromatic nitrogens is 3. The van der Waals surface area contributed by atoms with Gasteiger partial charge >= 0.3 is 0 Å². The number of nitrogens with one attached hydrogen (secondary N) is 2. The van der Waals surface area contributed by atoms with Gasteiger partial charge in [-0.3, -0.25) is 20.6 Å². The molecule has 2 atom stereocenters. The molecule has 6 rings (SSSR count). The van der Waals surface area contributed by atoms with Gasteiger partial charge in [-0.2, -0.15) is 10.4 Å². The van der Waals surface area contributed by atoms with Crippen LogP contribution in [0.4, 0.5) is 0 Å². The molecule has 9 heteroatoms. The number of hydrogen-bond acceptors (Lipinski definition) is 6. The summed E-state index contributed by atoms with van der Waals surface area (Å²) < 4.78 is 2.75. The molecular weight excluding hydrogens is 482 g/mol. The third-order valence-corrected chi connectivity index (χ3v) is 7.42. The number of carbonyl (C=O) groups is 1. The molecule has 0 saturated carbocycles. The van der Waals surface area contributed by atoms with Gasteiger partial charge in [0, 0.05) is 17.3 Å². The van der Waals surface area contributed by atoms with Crippen LogP contribution in [0.25, 0.3) is 27.2 Å². The standard InChI is InChI=1S/C28H21N7OS/c29-16-20(28-31-22-13-7-8-14-23(22)37-28)27(35-24(30)15-25(36)32-35)21-17-34(19-11-5-2-6-12-19)33-26(21)18-9-3-1-4-10-18/h1-14,17,20,27,30H,15H2,(H,32,36). The summed E-state index contributed by atoms with van der Waals surface area (Å²) in [6.45, 7) is 0. The van der Waals surface area contributed by atoms with Crippen molar-refractivity contribution >= 4 is 33.3 Å². The Kier molecular flexibility index (Phi) is 5.71. The molecule has 3 heterocycles. The highest BCUT2D eigenvalue weighted by Crippen LogP contribution is 2.42. The lowest BCUT2D eigenvalue weighted by Gasteiger charge is -2.31. The van der Waals surface area contributed by atoms with Crippen LogP contribution in [-0.2, 0) is 4.79 Å². The number of thiazole rings is 1. The highest BCUT2D eigenvalue weighted by atomic mass is 32.1. The summed E-state index contributed by atoms with van der Waals surface area (Å²) in [5, 5.41) is 26.1. The monoisotopic (exact) mass is 503 g/mol. The SMILES string of the molecule is N#CC(c1nc2ccccc2s1)C(c1cn(-c2ccccc2)nc1-c1ccccc1)N1NC(=O)CC1=N. The Balaban J connectivity index is 1.57. The Hall–Kier alpha value is -4.81. The molecule has 3 aromatic carbocycles. The third kappa shape index (κ3) is 4.13. The van der Waals surface area contributed by atoms with Crippen molar-refractivity contribution in [3.05, 3.63) is 102 Å². The Morgan fingerprint density at radius 3 is 2.38 bits per heavy atom. The summed E-state index contributed by atoms with van der Waals surface area (Å²) in [5.74, 6) is -0.956. The second-order valence-corrected chi connectivity index (χ2v) is 9.74. The predicted molar refractivity (Wildman–Crippen MR) is 142 cm³/mol. The largest absolute Gasteiger partial charge is 0.287 e. The van der Waals surface area contributed by atoms with Crippen molar-refractivity contribution in [1.29, 1.82) is 10.7 Å². The van der Waals surface area contributed by atoms with Crippen LogP contribution in [0, 0.1) is 16.7 Å². The normalized spacial score (nSPS) is 14.9. The lowest BCUT2D eigenvalue weighted by Crippen LogP contribution is -2.41. The van der Waals surface area contributed by atoms with Crippen molar-refractivity contribution in [3.63, 3.8) is 0 Å². The van der Waals surface area contributed by atoms with E-state index in [1.54, 1.807) is 4.68 Å². The minimum Gasteiger partial charge on any atom is -0.287 e. The smallest absolute Gasteiger partial charge is 0.246 e. The van der Waals surface area contributed by atoms with E-state index in [4.69, 9.17) is 15.5 Å². The molecule has 37 heavy (non-hydrogen) atoms. The first-order valence-corrected chi connectivity index (χ1v) is 12.6. The van der Waals surface area contributed by atoms with Gasteiger partial charge in [-0.05, 0) is 24.3 Å². The van der Waals surface area contributed by atoms with E-state index in [0.29, 0.717) is 16.3 Å². The zero-order chi connectivity index (χ0) is 25.4. The first-order valence-electron chi connectivity index (χ1n) is 11.7. The zero-order valence-electron chi connectivity index (χ0n) is 19.6. The Morgan fingerprint density at radius 2 is 1.70 bits per heavy atom. The summed E-state index contributed by atoms with van der Waals surface area (Å²) in [6, 6.07) is 28.9. The number of nitriles is 1. The summed E-state index contributed by atoms with van der Waals surface area (Å²) in [4.78, 5) is 17.1. The van der Waals surface area contributed by atoms with Crippen LogP contribution in [0.2, 0.25) is 0 Å². The minimum atomic E-state index is -0.771. The van der Waals surface area contributed by atoms with Gasteiger partial charge in [0.15, 0.2) is 0 Å². The van der Waals surface area contributed by atoms with Crippen molar-refractivity contribution in [2.24, 2.45) is 0 Å². The summed E-state index contributed by atoms with van der Waals surface area (Å²) in [5.41, 5.74) is 6.73. The Bertz CT molecular complexity index is 1620. The molecule has 180 valence electrons. The van der Waals surface area contributed by atoms with Gasteiger partial charge in [0.2, 0.25) is 5.91 Å². The number of para-hydroxylation sites is 2. The predicted octanol–water partition coefficient (Wildman–Crippen LogP) is 5.21. The van der Waals surface area contributed by atoms with E-state index in [9.17, 15) is 10.1 Å². The highest BCUT2D eigenvalue weighted by Gasteiger charge is 2.41. The molecule has 1 aliphatic rings. The second-order valence-electron chi connectivity index (χ2n) is 8.68. The second kappa shape index (κ2) is 9.33. The fourth-order valence-corrected chi connectivity index (χ4v) is 5.65. The molecule has 2 N–H and O–H groups in total. The van der Waals surface area contributed by atoms with Crippen molar-refractivity contribution in [2.75, 3.05) is 0 Å². The summed E-state index contributed by atoms with van der Waals surface area (Å²) >= 11 is 1.45. The molecule has 1 saturated heterocycles. The molecule has 1 fully saturated rings. The highest BCUT2D eigenvalue weighted by molar-refractivity contribution is 7.18. The average molecular weight is 504 g/mol. The average Bonchev–Trinajstić information content (AvgIpc) is 3.64. The molecule has 2 unspecified atom stereocenters. The number of hydrazine groups is 1. The summed E-state index contributed by atoms with van der Waals surface area (Å²) in [7, 11) is 0. The molecular formula is C28H21N7OS. The van der Waals surface area contributed by atoms with E-state index in [1.165, 1.54) is 16.3 Å². The van der Waals surface area contributed by atoms with Crippen molar-refractivity contribution in [1.82, 2.24) is 25.2 Å². The maximum absolute atomic E-state index is 12.4. The number of amidine groups is 1. The molecule has 8 nitrogen and oxygen atoms in total. The van der Waals surface area contributed by atoms with Gasteiger partial charge in [0.25, 0.3) is 0 Å². The van der Waals surface area contributed by atoms with Crippen LogP contribution in [0.1, 0.15) is 29.0 Å². The number of amides is 1. The van der Waals surface area contributed by atoms with Crippen LogP contribution >= 0.6 is 11.3 Å². The van der Waals surface area contributed by atoms with E-state index in [-0.39, 0.29) is 18.2 Å². The van der Waals surface area contributed by atoms with E-state index < -0.39 is 12.0 Å². The molecule has 2 aromatic heterocycles. The topological polar surface area (TPSA) is 111 Å². The van der Waals surface area contributed by atoms with Crippen molar-refractivity contribution in [2.45, 2.75) is 18.4 Å². The van der Waals surface area contributed by atoms with E-state index >= 15 is 0 Å². The number of rotatable bonds is 6. The van der Waals surface area contributed by atoms with Crippen LogP contribution in [0.3, 0.4) is 0 Å². The van der Waals surface area contributed by atoms with E-state index in [0.717, 1.165) is 21.5 Å². The van der Waals surface area contributed by atoms with Crippen molar-refractivity contribution in [3.8, 4) is 23.0 Å². The van der Waals surface area contributed by atoms with Crippen molar-refractivity contribution < 1.29 is 4.79 Å². The van der Waals surface area contributed by atoms with Gasteiger partial charge < -0.3 is 0 Å². The third-order valence-electron chi connectivity index (χ3n) is 6.30. The fraction of sp³-hybridized carbons (Fsp3) is 0.107. The van der Waals surface area contributed by atoms with Gasteiger partial charge in [-0.15, -0.1) is 11.3 Å². The molecule has 1 aliphatic heterocycles. The molecule has 5 aromatic rings. The van der Waals surface area contributed by atoms with Crippen LogP contribution < -0.4 is 5.43 Å². The maximum Gasteiger partial charge on any atom is 0.246 e. The van der Waals surface area contributed by atoms with Crippen LogP contribution in [-0.4, -0.2) is 31.5 Å². The number of carbonyl (C=O) groups excluding carboxylic acids is 1. The van der Waals surface area contributed by atoms with E-state index in [2.05, 4.69) is 11.5 Å². The minimum absolute atomic E-state index is 0.0536. The van der Waals surface area contributed by atoms with Gasteiger partial charge in [-0.1, -0.05) is 60.7 Å². The maximum atomic E-state index is 12.4. The fourth-order valence-electron chi connectivity index (χ4n) is 4.60. The Morgan fingerprint density at radius 1 is 1.00 bits per heavy atom. The lowest BCUT2D eigenvalue weighted by molar-refractivity contribution is -0.121. The quantitative estimate of drug-likeness (QED) is 0.330. The summed E-state index contributed by atoms with van der Waals surface area (Å²) in [6.07, 6.45) is 1.83. The van der Waals surface area contributed by atoms with Gasteiger partial charge in [0.05, 0.1) is 34.1 Å². The lowest BCUT2D eigenvalue weighted by atomic mass is 9.92. The number of fused-ring (bicyclic) bond motifs is 1. The van der Waals surface area contributed by atoms with E-state index in [1.807, 2.05) is 91.1 Å². The number of hydrogen-bond donors (Lipinski definition) is 2. The molecule has 0 spiro atoms. The molecule has 0 radical (unpaired) electrons. The van der Waals surface area contributed by atoms with Gasteiger partial charge in [-0.25, -0.2) is 9.67 Å². The first kappa shape index (κ1) is 22.6. The molecule has 1 amide bonds. The number of nitrogens with zero attached hydrogens (tertiary/aromatic N) is 5. The zero-order valence-corrected chi connectivity index (χ0v) is 20.4. The van der Waals surface area contributed by atoms with Gasteiger partial charge in [0.1, 0.15) is 22.8 Å². The van der Waals surface area contributed by atoms with Crippen LogP contribution in [0.15, 0.2) is 91.1 Å². The van der Waals surface area contributed by atoms with Crippen LogP contribution in [0.5, 0.6) is 0 Å². The number of benzene rings is 3. The molecule has 0 bridgehead atoms. The molecule has 0 aliphatic carbocycles.